The van der Waals surface area contributed by atoms with E-state index in [0.29, 0.717) is 50.6 Å². The molecule has 0 atom stereocenters. The summed E-state index contributed by atoms with van der Waals surface area (Å²) in [6, 6.07) is 6.93. The van der Waals surface area contributed by atoms with Gasteiger partial charge in [0, 0.05) is 44.8 Å². The lowest BCUT2D eigenvalue weighted by molar-refractivity contribution is 0.0694. The van der Waals surface area contributed by atoms with Gasteiger partial charge < -0.3 is 9.64 Å². The summed E-state index contributed by atoms with van der Waals surface area (Å²) in [7, 11) is -1.86. The average molecular weight is 355 g/mol. The first-order valence-electron chi connectivity index (χ1n) is 8.12. The van der Waals surface area contributed by atoms with E-state index in [4.69, 9.17) is 4.74 Å². The highest BCUT2D eigenvalue weighted by molar-refractivity contribution is 7.86. The van der Waals surface area contributed by atoms with Crippen LogP contribution in [0.4, 0.5) is 0 Å². The Morgan fingerprint density at radius 1 is 1.08 bits per heavy atom. The van der Waals surface area contributed by atoms with E-state index in [9.17, 15) is 13.2 Å². The average Bonchev–Trinajstić information content (AvgIpc) is 2.62. The van der Waals surface area contributed by atoms with Gasteiger partial charge in [0.2, 0.25) is 0 Å². The Balaban J connectivity index is 2.00. The number of amides is 1. The predicted molar refractivity (Wildman–Crippen MR) is 92.3 cm³/mol. The molecule has 1 aromatic rings. The second-order valence-electron chi connectivity index (χ2n) is 5.51. The molecule has 0 N–H and O–H groups in total. The van der Waals surface area contributed by atoms with Crippen molar-refractivity contribution in [3.8, 4) is 5.75 Å². The standard InChI is InChI=1S/C16H25N3O4S/c1-4-18(5-2)24(21,22)19-12-10-17(11-13-19)16(20)14-6-8-15(23-3)9-7-14/h6-9H,4-5,10-13H2,1-3H3. The van der Waals surface area contributed by atoms with Gasteiger partial charge >= 0.3 is 0 Å². The van der Waals surface area contributed by atoms with Gasteiger partial charge in [-0.3, -0.25) is 4.79 Å². The van der Waals surface area contributed by atoms with E-state index in [1.165, 1.54) is 8.61 Å². The van der Waals surface area contributed by atoms with Crippen molar-refractivity contribution in [3.05, 3.63) is 29.8 Å². The van der Waals surface area contributed by atoms with Crippen molar-refractivity contribution in [2.24, 2.45) is 0 Å². The number of hydrogen-bond acceptors (Lipinski definition) is 4. The van der Waals surface area contributed by atoms with Crippen molar-refractivity contribution in [3.63, 3.8) is 0 Å². The molecule has 24 heavy (non-hydrogen) atoms. The highest BCUT2D eigenvalue weighted by atomic mass is 32.2. The smallest absolute Gasteiger partial charge is 0.282 e. The summed E-state index contributed by atoms with van der Waals surface area (Å²) in [6.07, 6.45) is 0. The Bertz CT molecular complexity index is 648. The zero-order valence-electron chi connectivity index (χ0n) is 14.4. The van der Waals surface area contributed by atoms with Crippen LogP contribution < -0.4 is 4.74 Å². The summed E-state index contributed by atoms with van der Waals surface area (Å²) in [6.45, 7) is 5.97. The topological polar surface area (TPSA) is 70.2 Å². The molecular weight excluding hydrogens is 330 g/mol. The fourth-order valence-electron chi connectivity index (χ4n) is 2.75. The van der Waals surface area contributed by atoms with Crippen molar-refractivity contribution in [2.45, 2.75) is 13.8 Å². The third-order valence-electron chi connectivity index (χ3n) is 4.22. The van der Waals surface area contributed by atoms with Gasteiger partial charge in [-0.05, 0) is 24.3 Å². The highest BCUT2D eigenvalue weighted by Crippen LogP contribution is 2.16. The minimum atomic E-state index is -3.43. The Labute approximate surface area is 144 Å². The molecule has 1 heterocycles. The van der Waals surface area contributed by atoms with Crippen LogP contribution in [0.1, 0.15) is 24.2 Å². The maximum atomic E-state index is 12.5. The van der Waals surface area contributed by atoms with Gasteiger partial charge in [-0.25, -0.2) is 0 Å². The predicted octanol–water partition coefficient (Wildman–Crippen LogP) is 1.04. The van der Waals surface area contributed by atoms with Crippen LogP contribution in [0.25, 0.3) is 0 Å². The van der Waals surface area contributed by atoms with E-state index in [0.717, 1.165) is 0 Å². The molecular formula is C16H25N3O4S. The van der Waals surface area contributed by atoms with Gasteiger partial charge in [-0.2, -0.15) is 17.0 Å². The van der Waals surface area contributed by atoms with Gasteiger partial charge in [0.05, 0.1) is 7.11 Å². The molecule has 1 aromatic carbocycles. The second-order valence-corrected chi connectivity index (χ2v) is 7.44. The Morgan fingerprint density at radius 3 is 2.08 bits per heavy atom. The molecule has 0 spiro atoms. The molecule has 1 aliphatic heterocycles. The molecule has 0 bridgehead atoms. The van der Waals surface area contributed by atoms with Crippen molar-refractivity contribution in [1.29, 1.82) is 0 Å². The number of carbonyl (C=O) groups excluding carboxylic acids is 1. The molecule has 1 amide bonds. The summed E-state index contributed by atoms with van der Waals surface area (Å²) in [5.74, 6) is 0.610. The van der Waals surface area contributed by atoms with E-state index in [-0.39, 0.29) is 5.91 Å². The number of carbonyl (C=O) groups is 1. The van der Waals surface area contributed by atoms with Crippen LogP contribution in [0.5, 0.6) is 5.75 Å². The zero-order valence-corrected chi connectivity index (χ0v) is 15.3. The third-order valence-corrected chi connectivity index (χ3v) is 6.41. The maximum Gasteiger partial charge on any atom is 0.282 e. The molecule has 2 rings (SSSR count). The van der Waals surface area contributed by atoms with Crippen molar-refractivity contribution >= 4 is 16.1 Å². The molecule has 134 valence electrons. The zero-order chi connectivity index (χ0) is 17.7. The Kier molecular flexibility index (Phi) is 6.20. The van der Waals surface area contributed by atoms with E-state index >= 15 is 0 Å². The van der Waals surface area contributed by atoms with Gasteiger partial charge in [0.25, 0.3) is 16.1 Å². The summed E-state index contributed by atoms with van der Waals surface area (Å²) >= 11 is 0. The molecule has 7 nitrogen and oxygen atoms in total. The molecule has 0 aliphatic carbocycles. The quantitative estimate of drug-likeness (QED) is 0.764. The van der Waals surface area contributed by atoms with Crippen LogP contribution in [0.2, 0.25) is 0 Å². The van der Waals surface area contributed by atoms with Gasteiger partial charge in [0.1, 0.15) is 5.75 Å². The molecule has 0 unspecified atom stereocenters. The summed E-state index contributed by atoms with van der Waals surface area (Å²) in [5, 5.41) is 0. The Morgan fingerprint density at radius 2 is 1.62 bits per heavy atom. The van der Waals surface area contributed by atoms with E-state index in [2.05, 4.69) is 0 Å². The van der Waals surface area contributed by atoms with Crippen LogP contribution in [0, 0.1) is 0 Å². The minimum Gasteiger partial charge on any atom is -0.497 e. The summed E-state index contributed by atoms with van der Waals surface area (Å²) < 4.78 is 33.0. The normalized spacial score (nSPS) is 16.4. The monoisotopic (exact) mass is 355 g/mol. The number of nitrogens with zero attached hydrogens (tertiary/aromatic N) is 3. The third kappa shape index (κ3) is 3.88. The number of piperazine rings is 1. The van der Waals surface area contributed by atoms with E-state index in [1.54, 1.807) is 36.3 Å². The number of methoxy groups -OCH3 is 1. The van der Waals surface area contributed by atoms with Gasteiger partial charge in [0.15, 0.2) is 0 Å². The molecule has 8 heteroatoms. The van der Waals surface area contributed by atoms with Crippen molar-refractivity contribution in [2.75, 3.05) is 46.4 Å². The fraction of sp³-hybridized carbons (Fsp3) is 0.562. The van der Waals surface area contributed by atoms with Gasteiger partial charge in [-0.15, -0.1) is 0 Å². The lowest BCUT2D eigenvalue weighted by Gasteiger charge is -2.36. The molecule has 0 radical (unpaired) electrons. The molecule has 1 aliphatic rings. The molecule has 0 aromatic heterocycles. The first-order valence-corrected chi connectivity index (χ1v) is 9.52. The SMILES string of the molecule is CCN(CC)S(=O)(=O)N1CCN(C(=O)c2ccc(OC)cc2)CC1. The molecule has 1 saturated heterocycles. The molecule has 0 saturated carbocycles. The molecule has 1 fully saturated rings. The minimum absolute atomic E-state index is 0.0856. The largest absolute Gasteiger partial charge is 0.497 e. The lowest BCUT2D eigenvalue weighted by Crippen LogP contribution is -2.54. The maximum absolute atomic E-state index is 12.5. The van der Waals surface area contributed by atoms with Crippen LogP contribution in [-0.4, -0.2) is 74.2 Å². The number of hydrogen-bond donors (Lipinski definition) is 0. The van der Waals surface area contributed by atoms with Crippen LogP contribution >= 0.6 is 0 Å². The number of ether oxygens (including phenoxy) is 1. The Hall–Kier alpha value is -1.64. The van der Waals surface area contributed by atoms with Gasteiger partial charge in [-0.1, -0.05) is 13.8 Å². The lowest BCUT2D eigenvalue weighted by atomic mass is 10.2. The first kappa shape index (κ1) is 18.7. The number of rotatable bonds is 6. The first-order chi connectivity index (χ1) is 11.4. The van der Waals surface area contributed by atoms with Crippen LogP contribution in [0.3, 0.4) is 0 Å². The van der Waals surface area contributed by atoms with E-state index in [1.807, 2.05) is 13.8 Å². The van der Waals surface area contributed by atoms with Crippen molar-refractivity contribution in [1.82, 2.24) is 13.5 Å². The summed E-state index contributed by atoms with van der Waals surface area (Å²) in [4.78, 5) is 14.2. The fourth-order valence-corrected chi connectivity index (χ4v) is 4.36. The summed E-state index contributed by atoms with van der Waals surface area (Å²) in [5.41, 5.74) is 0.579. The van der Waals surface area contributed by atoms with Crippen LogP contribution in [0.15, 0.2) is 24.3 Å². The van der Waals surface area contributed by atoms with E-state index < -0.39 is 10.2 Å². The highest BCUT2D eigenvalue weighted by Gasteiger charge is 2.32. The van der Waals surface area contributed by atoms with Crippen molar-refractivity contribution < 1.29 is 17.9 Å². The second kappa shape index (κ2) is 7.96. The van der Waals surface area contributed by atoms with Crippen LogP contribution in [-0.2, 0) is 10.2 Å². The number of benzene rings is 1.